The third-order valence-corrected chi connectivity index (χ3v) is 9.50. The molecule has 6 rings (SSSR count). The summed E-state index contributed by atoms with van der Waals surface area (Å²) < 4.78 is 10.2. The SMILES string of the molecule is CC(C)(C)c1ccc(N(c2ccc(C(C)(C)C)cc2)c2ccc(/C=C/c3ccnc(-c4cc(OC=O)cc(-c5cc(OC=O)ccn5)n4)c3)s2)cc1. The van der Waals surface area contributed by atoms with Crippen LogP contribution in [0.25, 0.3) is 34.9 Å². The summed E-state index contributed by atoms with van der Waals surface area (Å²) in [6.45, 7) is 14.1. The lowest BCUT2D eigenvalue weighted by atomic mass is 9.87. The summed E-state index contributed by atoms with van der Waals surface area (Å²) in [4.78, 5) is 39.1. The van der Waals surface area contributed by atoms with Crippen molar-refractivity contribution >= 4 is 52.8 Å². The van der Waals surface area contributed by atoms with Crippen molar-refractivity contribution < 1.29 is 19.1 Å². The third-order valence-electron chi connectivity index (χ3n) is 8.46. The zero-order valence-corrected chi connectivity index (χ0v) is 30.8. The maximum Gasteiger partial charge on any atom is 0.298 e. The van der Waals surface area contributed by atoms with E-state index in [9.17, 15) is 9.59 Å². The smallest absolute Gasteiger partial charge is 0.298 e. The molecule has 0 aliphatic rings. The second-order valence-corrected chi connectivity index (χ2v) is 15.4. The van der Waals surface area contributed by atoms with E-state index in [2.05, 4.69) is 123 Å². The molecule has 0 saturated carbocycles. The summed E-state index contributed by atoms with van der Waals surface area (Å²) in [6.07, 6.45) is 7.34. The summed E-state index contributed by atoms with van der Waals surface area (Å²) in [5, 5.41) is 1.10. The monoisotopic (exact) mass is 708 g/mol. The van der Waals surface area contributed by atoms with Crippen molar-refractivity contribution in [1.29, 1.82) is 0 Å². The standard InChI is InChI=1S/C43H40N4O4S/c1-42(2,3)30-8-12-32(13-9-30)47(33-14-10-31(11-15-33)43(4,5)6)41-18-17-36(52-41)16-7-29-19-21-44-37(23-29)39-25-35(51-28-49)26-40(46-39)38-24-34(50-27-48)20-22-45-38/h7-28H,1-6H3/b16-7+. The lowest BCUT2D eigenvalue weighted by molar-refractivity contribution is -0.121. The fourth-order valence-corrected chi connectivity index (χ4v) is 6.57. The molecule has 0 atom stereocenters. The van der Waals surface area contributed by atoms with Crippen molar-refractivity contribution in [3.63, 3.8) is 0 Å². The molecule has 0 N–H and O–H groups in total. The van der Waals surface area contributed by atoms with Gasteiger partial charge in [0, 0.05) is 46.8 Å². The Morgan fingerprint density at radius 3 is 1.65 bits per heavy atom. The highest BCUT2D eigenvalue weighted by Gasteiger charge is 2.19. The van der Waals surface area contributed by atoms with Crippen LogP contribution in [0.5, 0.6) is 11.5 Å². The summed E-state index contributed by atoms with van der Waals surface area (Å²) in [6, 6.07) is 32.2. The largest absolute Gasteiger partial charge is 0.429 e. The number of benzene rings is 2. The van der Waals surface area contributed by atoms with Gasteiger partial charge in [-0.3, -0.25) is 19.6 Å². The van der Waals surface area contributed by atoms with Crippen LogP contribution in [0.3, 0.4) is 0 Å². The first kappa shape index (κ1) is 35.9. The van der Waals surface area contributed by atoms with Crippen LogP contribution in [0.15, 0.2) is 109 Å². The van der Waals surface area contributed by atoms with E-state index < -0.39 is 0 Å². The maximum absolute atomic E-state index is 11.2. The van der Waals surface area contributed by atoms with Gasteiger partial charge in [-0.05, 0) is 88.2 Å². The highest BCUT2D eigenvalue weighted by molar-refractivity contribution is 7.17. The minimum atomic E-state index is 0.0617. The summed E-state index contributed by atoms with van der Waals surface area (Å²) in [5.41, 5.74) is 7.72. The Kier molecular flexibility index (Phi) is 10.4. The molecule has 2 aromatic carbocycles. The first-order valence-electron chi connectivity index (χ1n) is 16.9. The molecule has 0 radical (unpaired) electrons. The predicted molar refractivity (Wildman–Crippen MR) is 209 cm³/mol. The van der Waals surface area contributed by atoms with E-state index in [1.54, 1.807) is 41.8 Å². The number of ether oxygens (including phenoxy) is 2. The number of carbonyl (C=O) groups excluding carboxylic acids is 2. The number of thiophene rings is 1. The van der Waals surface area contributed by atoms with Gasteiger partial charge in [0.2, 0.25) is 0 Å². The molecule has 0 saturated heterocycles. The Labute approximate surface area is 308 Å². The molecule has 0 fully saturated rings. The molecule has 8 nitrogen and oxygen atoms in total. The maximum atomic E-state index is 11.2. The molecule has 0 aliphatic carbocycles. The fourth-order valence-electron chi connectivity index (χ4n) is 5.62. The zero-order valence-electron chi connectivity index (χ0n) is 30.0. The molecule has 0 aliphatic heterocycles. The molecule has 0 spiro atoms. The van der Waals surface area contributed by atoms with Crippen molar-refractivity contribution in [2.75, 3.05) is 4.90 Å². The van der Waals surface area contributed by atoms with Crippen LogP contribution in [0.1, 0.15) is 63.1 Å². The molecular formula is C43H40N4O4S. The number of hydrogen-bond acceptors (Lipinski definition) is 9. The van der Waals surface area contributed by atoms with Gasteiger partial charge in [-0.1, -0.05) is 71.9 Å². The highest BCUT2D eigenvalue weighted by atomic mass is 32.1. The summed E-state index contributed by atoms with van der Waals surface area (Å²) >= 11 is 1.70. The van der Waals surface area contributed by atoms with Gasteiger partial charge in [-0.15, -0.1) is 11.3 Å². The number of anilines is 3. The summed E-state index contributed by atoms with van der Waals surface area (Å²) in [5.74, 6) is 0.588. The Bertz CT molecular complexity index is 2160. The average Bonchev–Trinajstić information content (AvgIpc) is 3.59. The van der Waals surface area contributed by atoms with E-state index >= 15 is 0 Å². The number of nitrogens with zero attached hydrogens (tertiary/aromatic N) is 4. The molecule has 262 valence electrons. The molecule has 6 aromatic rings. The highest BCUT2D eigenvalue weighted by Crippen LogP contribution is 2.41. The number of pyridine rings is 3. The van der Waals surface area contributed by atoms with Crippen LogP contribution in [0.4, 0.5) is 16.4 Å². The zero-order chi connectivity index (χ0) is 36.9. The van der Waals surface area contributed by atoms with Crippen molar-refractivity contribution in [2.24, 2.45) is 0 Å². The van der Waals surface area contributed by atoms with Crippen LogP contribution in [0.2, 0.25) is 0 Å². The lowest BCUT2D eigenvalue weighted by Crippen LogP contribution is -2.13. The van der Waals surface area contributed by atoms with Crippen LogP contribution in [-0.2, 0) is 20.4 Å². The Balaban J connectivity index is 1.30. The van der Waals surface area contributed by atoms with Gasteiger partial charge in [0.25, 0.3) is 12.9 Å². The average molecular weight is 709 g/mol. The minimum absolute atomic E-state index is 0.0617. The van der Waals surface area contributed by atoms with Gasteiger partial charge in [-0.25, -0.2) is 4.98 Å². The molecule has 4 heterocycles. The van der Waals surface area contributed by atoms with E-state index in [0.717, 1.165) is 26.8 Å². The quantitative estimate of drug-likeness (QED) is 0.123. The van der Waals surface area contributed by atoms with Crippen LogP contribution < -0.4 is 14.4 Å². The fraction of sp³-hybridized carbons (Fsp3) is 0.186. The molecule has 0 bridgehead atoms. The van der Waals surface area contributed by atoms with Crippen LogP contribution in [0, 0.1) is 0 Å². The lowest BCUT2D eigenvalue weighted by Gasteiger charge is -2.26. The van der Waals surface area contributed by atoms with Gasteiger partial charge in [-0.2, -0.15) is 0 Å². The Hall–Kier alpha value is -5.93. The first-order valence-corrected chi connectivity index (χ1v) is 17.7. The minimum Gasteiger partial charge on any atom is -0.429 e. The molecule has 0 unspecified atom stereocenters. The van der Waals surface area contributed by atoms with Gasteiger partial charge in [0.1, 0.15) is 16.5 Å². The topological polar surface area (TPSA) is 94.5 Å². The van der Waals surface area contributed by atoms with Crippen molar-refractivity contribution in [1.82, 2.24) is 15.0 Å². The molecule has 0 amide bonds. The number of rotatable bonds is 11. The number of aromatic nitrogens is 3. The number of carbonyl (C=O) groups is 2. The van der Waals surface area contributed by atoms with Gasteiger partial charge in [0.15, 0.2) is 0 Å². The first-order chi connectivity index (χ1) is 24.9. The van der Waals surface area contributed by atoms with Crippen molar-refractivity contribution in [3.8, 4) is 34.3 Å². The van der Waals surface area contributed by atoms with Crippen LogP contribution >= 0.6 is 11.3 Å². The molecule has 4 aromatic heterocycles. The van der Waals surface area contributed by atoms with E-state index in [1.807, 2.05) is 18.2 Å². The van der Waals surface area contributed by atoms with E-state index in [4.69, 9.17) is 14.5 Å². The Morgan fingerprint density at radius 1 is 0.577 bits per heavy atom. The second kappa shape index (κ2) is 15.1. The van der Waals surface area contributed by atoms with E-state index in [0.29, 0.717) is 41.5 Å². The second-order valence-electron chi connectivity index (χ2n) is 14.3. The molecular weight excluding hydrogens is 669 g/mol. The van der Waals surface area contributed by atoms with Crippen LogP contribution in [-0.4, -0.2) is 27.9 Å². The Morgan fingerprint density at radius 2 is 1.10 bits per heavy atom. The predicted octanol–water partition coefficient (Wildman–Crippen LogP) is 10.6. The third kappa shape index (κ3) is 8.50. The molecule has 52 heavy (non-hydrogen) atoms. The summed E-state index contributed by atoms with van der Waals surface area (Å²) in [7, 11) is 0. The van der Waals surface area contributed by atoms with Gasteiger partial charge in [0.05, 0.1) is 22.8 Å². The van der Waals surface area contributed by atoms with E-state index in [-0.39, 0.29) is 16.6 Å². The van der Waals surface area contributed by atoms with Gasteiger partial charge < -0.3 is 14.4 Å². The number of hydrogen-bond donors (Lipinski definition) is 0. The molecule has 9 heteroatoms. The van der Waals surface area contributed by atoms with Crippen molar-refractivity contribution in [3.05, 3.63) is 131 Å². The van der Waals surface area contributed by atoms with Gasteiger partial charge >= 0.3 is 0 Å². The normalized spacial score (nSPS) is 11.7. The van der Waals surface area contributed by atoms with Crippen molar-refractivity contribution in [2.45, 2.75) is 52.4 Å². The van der Waals surface area contributed by atoms with E-state index in [1.165, 1.54) is 17.3 Å².